The summed E-state index contributed by atoms with van der Waals surface area (Å²) in [5.74, 6) is 0.806. The monoisotopic (exact) mass is 260 g/mol. The summed E-state index contributed by atoms with van der Waals surface area (Å²) in [4.78, 5) is 11.7. The number of nitrogens with one attached hydrogen (secondary N) is 2. The molecule has 0 spiro atoms. The number of anilines is 1. The molecule has 3 N–H and O–H groups in total. The molecule has 1 aliphatic carbocycles. The zero-order chi connectivity index (χ0) is 13.7. The number of carbonyl (C=O) groups excluding carboxylic acids is 1. The third kappa shape index (κ3) is 4.02. The van der Waals surface area contributed by atoms with E-state index >= 15 is 0 Å². The molecule has 1 aromatic carbocycles. The molecule has 0 aliphatic heterocycles. The lowest BCUT2D eigenvalue weighted by molar-refractivity contribution is 0.255. The number of urea groups is 1. The molecule has 0 atom stereocenters. The molecule has 1 saturated carbocycles. The van der Waals surface area contributed by atoms with Crippen molar-refractivity contribution in [2.75, 3.05) is 5.32 Å². The van der Waals surface area contributed by atoms with Gasteiger partial charge < -0.3 is 15.7 Å². The summed E-state index contributed by atoms with van der Waals surface area (Å²) < 4.78 is 0. The molecule has 0 unspecified atom stereocenters. The van der Waals surface area contributed by atoms with Gasteiger partial charge in [0.15, 0.2) is 0 Å². The first kappa shape index (κ1) is 13.5. The second-order valence-electron chi connectivity index (χ2n) is 5.00. The minimum Gasteiger partial charge on any atom is -0.508 e. The van der Waals surface area contributed by atoms with Crippen LogP contribution in [0.5, 0.6) is 5.75 Å². The maximum Gasteiger partial charge on any atom is 0.323 e. The van der Waals surface area contributed by atoms with Gasteiger partial charge in [0.05, 0.1) is 0 Å². The average molecular weight is 260 g/mol. The summed E-state index contributed by atoms with van der Waals surface area (Å²) in [6.45, 7) is 1.84. The number of hydrogen-bond donors (Lipinski definition) is 3. The highest BCUT2D eigenvalue weighted by molar-refractivity contribution is 5.90. The highest BCUT2D eigenvalue weighted by Gasteiger charge is 2.11. The van der Waals surface area contributed by atoms with Crippen LogP contribution >= 0.6 is 0 Å². The van der Waals surface area contributed by atoms with Gasteiger partial charge in [-0.1, -0.05) is 18.9 Å². The van der Waals surface area contributed by atoms with Gasteiger partial charge in [-0.15, -0.1) is 0 Å². The second-order valence-corrected chi connectivity index (χ2v) is 5.00. The lowest BCUT2D eigenvalue weighted by atomic mass is 10.1. The lowest BCUT2D eigenvalue weighted by Gasteiger charge is -2.08. The van der Waals surface area contributed by atoms with Crippen LogP contribution in [0, 0.1) is 12.8 Å². The summed E-state index contributed by atoms with van der Waals surface area (Å²) in [7, 11) is 0. The number of allylic oxidation sites excluding steroid dienone is 1. The summed E-state index contributed by atoms with van der Waals surface area (Å²) in [5, 5.41) is 14.8. The molecule has 0 aromatic heterocycles. The molecule has 1 aromatic rings. The zero-order valence-electron chi connectivity index (χ0n) is 11.1. The van der Waals surface area contributed by atoms with E-state index in [-0.39, 0.29) is 11.8 Å². The largest absolute Gasteiger partial charge is 0.508 e. The van der Waals surface area contributed by atoms with E-state index < -0.39 is 0 Å². The van der Waals surface area contributed by atoms with Crippen molar-refractivity contribution in [2.24, 2.45) is 5.92 Å². The SMILES string of the molecule is Cc1cc(O)ccc1NC(=O)N/C=C/C1CCCC1. The van der Waals surface area contributed by atoms with Crippen molar-refractivity contribution in [2.45, 2.75) is 32.6 Å². The van der Waals surface area contributed by atoms with E-state index in [1.165, 1.54) is 25.7 Å². The number of hydrogen-bond acceptors (Lipinski definition) is 2. The molecule has 0 bridgehead atoms. The molecular weight excluding hydrogens is 240 g/mol. The van der Waals surface area contributed by atoms with Gasteiger partial charge in [0.25, 0.3) is 0 Å². The molecule has 1 fully saturated rings. The molecule has 102 valence electrons. The number of aromatic hydroxyl groups is 1. The van der Waals surface area contributed by atoms with Crippen LogP contribution < -0.4 is 10.6 Å². The van der Waals surface area contributed by atoms with Gasteiger partial charge in [-0.2, -0.15) is 0 Å². The first-order valence-corrected chi connectivity index (χ1v) is 6.69. The van der Waals surface area contributed by atoms with Gasteiger partial charge in [-0.25, -0.2) is 4.79 Å². The Morgan fingerprint density at radius 3 is 2.79 bits per heavy atom. The topological polar surface area (TPSA) is 61.4 Å². The molecule has 0 radical (unpaired) electrons. The molecule has 2 amide bonds. The molecule has 4 nitrogen and oxygen atoms in total. The summed E-state index contributed by atoms with van der Waals surface area (Å²) in [5.41, 5.74) is 1.53. The Hall–Kier alpha value is -1.97. The average Bonchev–Trinajstić information content (AvgIpc) is 2.86. The number of aryl methyl sites for hydroxylation is 1. The maximum atomic E-state index is 11.7. The van der Waals surface area contributed by atoms with Gasteiger partial charge in [0.2, 0.25) is 0 Å². The molecule has 1 aliphatic rings. The normalized spacial score (nSPS) is 15.8. The van der Waals surface area contributed by atoms with Crippen molar-refractivity contribution in [1.29, 1.82) is 0 Å². The van der Waals surface area contributed by atoms with Gasteiger partial charge in [-0.05, 0) is 49.4 Å². The quantitative estimate of drug-likeness (QED) is 0.728. The van der Waals surface area contributed by atoms with Crippen molar-refractivity contribution in [3.63, 3.8) is 0 Å². The Labute approximate surface area is 113 Å². The van der Waals surface area contributed by atoms with E-state index in [9.17, 15) is 9.90 Å². The van der Waals surface area contributed by atoms with Gasteiger partial charge in [-0.3, -0.25) is 0 Å². The third-order valence-corrected chi connectivity index (χ3v) is 3.44. The highest BCUT2D eigenvalue weighted by atomic mass is 16.3. The van der Waals surface area contributed by atoms with Crippen LogP contribution in [0.1, 0.15) is 31.2 Å². The number of rotatable bonds is 3. The van der Waals surface area contributed by atoms with Crippen LogP contribution in [0.2, 0.25) is 0 Å². The Balaban J connectivity index is 1.83. The van der Waals surface area contributed by atoms with Crippen molar-refractivity contribution in [1.82, 2.24) is 5.32 Å². The molecule has 4 heteroatoms. The van der Waals surface area contributed by atoms with E-state index in [1.54, 1.807) is 24.4 Å². The molecule has 2 rings (SSSR count). The van der Waals surface area contributed by atoms with Crippen molar-refractivity contribution < 1.29 is 9.90 Å². The summed E-state index contributed by atoms with van der Waals surface area (Å²) in [6.07, 6.45) is 8.80. The fraction of sp³-hybridized carbons (Fsp3) is 0.400. The number of phenolic OH excluding ortho intramolecular Hbond substituents is 1. The van der Waals surface area contributed by atoms with Gasteiger partial charge >= 0.3 is 6.03 Å². The Bertz CT molecular complexity index is 477. The minimum absolute atomic E-state index is 0.199. The smallest absolute Gasteiger partial charge is 0.323 e. The van der Waals surface area contributed by atoms with Crippen molar-refractivity contribution in [3.05, 3.63) is 36.0 Å². The summed E-state index contributed by atoms with van der Waals surface area (Å²) in [6, 6.07) is 4.59. The molecule has 19 heavy (non-hydrogen) atoms. The van der Waals surface area contributed by atoms with E-state index in [2.05, 4.69) is 16.7 Å². The predicted molar refractivity (Wildman–Crippen MR) is 76.1 cm³/mol. The van der Waals surface area contributed by atoms with E-state index in [1.807, 2.05) is 6.92 Å². The van der Waals surface area contributed by atoms with E-state index in [0.717, 1.165) is 5.56 Å². The summed E-state index contributed by atoms with van der Waals surface area (Å²) >= 11 is 0. The van der Waals surface area contributed by atoms with Crippen LogP contribution in [0.3, 0.4) is 0 Å². The van der Waals surface area contributed by atoms with Crippen molar-refractivity contribution in [3.8, 4) is 5.75 Å². The lowest BCUT2D eigenvalue weighted by Crippen LogP contribution is -2.24. The Kier molecular flexibility index (Phi) is 4.44. The predicted octanol–water partition coefficient (Wildman–Crippen LogP) is 3.53. The third-order valence-electron chi connectivity index (χ3n) is 3.44. The second kappa shape index (κ2) is 6.27. The molecule has 0 saturated heterocycles. The Morgan fingerprint density at radius 1 is 1.37 bits per heavy atom. The first-order chi connectivity index (χ1) is 9.15. The van der Waals surface area contributed by atoms with Crippen molar-refractivity contribution >= 4 is 11.7 Å². The van der Waals surface area contributed by atoms with E-state index in [4.69, 9.17) is 0 Å². The van der Waals surface area contributed by atoms with Crippen LogP contribution in [-0.2, 0) is 0 Å². The van der Waals surface area contributed by atoms with Crippen LogP contribution in [-0.4, -0.2) is 11.1 Å². The fourth-order valence-corrected chi connectivity index (χ4v) is 2.36. The highest BCUT2D eigenvalue weighted by Crippen LogP contribution is 2.25. The number of phenols is 1. The number of benzene rings is 1. The van der Waals surface area contributed by atoms with Crippen LogP contribution in [0.15, 0.2) is 30.5 Å². The standard InChI is InChI=1S/C15H20N2O2/c1-11-10-13(18)6-7-14(11)17-15(19)16-9-8-12-4-2-3-5-12/h6-10,12,18H,2-5H2,1H3,(H2,16,17,19)/b9-8+. The van der Waals surface area contributed by atoms with Crippen LogP contribution in [0.4, 0.5) is 10.5 Å². The van der Waals surface area contributed by atoms with Gasteiger partial charge in [0, 0.05) is 11.9 Å². The fourth-order valence-electron chi connectivity index (χ4n) is 2.36. The van der Waals surface area contributed by atoms with Gasteiger partial charge in [0.1, 0.15) is 5.75 Å². The number of amides is 2. The molecular formula is C15H20N2O2. The zero-order valence-corrected chi connectivity index (χ0v) is 11.1. The number of carbonyl (C=O) groups is 1. The molecule has 0 heterocycles. The van der Waals surface area contributed by atoms with Crippen LogP contribution in [0.25, 0.3) is 0 Å². The van der Waals surface area contributed by atoms with E-state index in [0.29, 0.717) is 11.6 Å². The Morgan fingerprint density at radius 2 is 2.11 bits per heavy atom. The first-order valence-electron chi connectivity index (χ1n) is 6.69. The maximum absolute atomic E-state index is 11.7. The minimum atomic E-state index is -0.261.